The van der Waals surface area contributed by atoms with Gasteiger partial charge in [-0.3, -0.25) is 4.79 Å². The van der Waals surface area contributed by atoms with Crippen LogP contribution in [0.3, 0.4) is 0 Å². The van der Waals surface area contributed by atoms with E-state index in [4.69, 9.17) is 9.47 Å². The minimum atomic E-state index is -0.669. The molecule has 0 saturated heterocycles. The third-order valence-corrected chi connectivity index (χ3v) is 4.80. The van der Waals surface area contributed by atoms with Gasteiger partial charge in [-0.25, -0.2) is 0 Å². The molecule has 0 aromatic heterocycles. The first kappa shape index (κ1) is 17.8. The van der Waals surface area contributed by atoms with E-state index in [0.717, 1.165) is 49.1 Å². The van der Waals surface area contributed by atoms with E-state index in [1.54, 1.807) is 7.11 Å². The maximum atomic E-state index is 12.7. The SMILES string of the molecule is CC[C@H](C)Oc1ccc(NC(=O)C2(OC)CCCCC2)cc1C. The van der Waals surface area contributed by atoms with E-state index >= 15 is 0 Å². The minimum Gasteiger partial charge on any atom is -0.490 e. The van der Waals surface area contributed by atoms with Crippen molar-refractivity contribution in [3.8, 4) is 5.75 Å². The number of hydrogen-bond donors (Lipinski definition) is 1. The van der Waals surface area contributed by atoms with Crippen LogP contribution in [0.15, 0.2) is 18.2 Å². The molecule has 1 saturated carbocycles. The van der Waals surface area contributed by atoms with Crippen molar-refractivity contribution < 1.29 is 14.3 Å². The summed E-state index contributed by atoms with van der Waals surface area (Å²) < 4.78 is 11.5. The predicted molar refractivity (Wildman–Crippen MR) is 93.0 cm³/mol. The Hall–Kier alpha value is -1.55. The van der Waals surface area contributed by atoms with Crippen molar-refractivity contribution in [2.75, 3.05) is 12.4 Å². The Balaban J connectivity index is 2.07. The number of ether oxygens (including phenoxy) is 2. The summed E-state index contributed by atoms with van der Waals surface area (Å²) in [5, 5.41) is 3.02. The molecule has 0 aliphatic heterocycles. The van der Waals surface area contributed by atoms with Crippen LogP contribution in [0.25, 0.3) is 0 Å². The molecule has 1 fully saturated rings. The number of hydrogen-bond acceptors (Lipinski definition) is 3. The summed E-state index contributed by atoms with van der Waals surface area (Å²) in [7, 11) is 1.64. The Morgan fingerprint density at radius 2 is 2.00 bits per heavy atom. The second-order valence-corrected chi connectivity index (χ2v) is 6.53. The Bertz CT molecular complexity index is 535. The van der Waals surface area contributed by atoms with Gasteiger partial charge in [-0.15, -0.1) is 0 Å². The zero-order chi connectivity index (χ0) is 16.9. The van der Waals surface area contributed by atoms with Gasteiger partial charge >= 0.3 is 0 Å². The molecule has 1 aromatic rings. The molecule has 0 heterocycles. The number of anilines is 1. The van der Waals surface area contributed by atoms with E-state index in [-0.39, 0.29) is 12.0 Å². The Morgan fingerprint density at radius 3 is 2.57 bits per heavy atom. The summed E-state index contributed by atoms with van der Waals surface area (Å²) in [5.74, 6) is 0.839. The highest BCUT2D eigenvalue weighted by Crippen LogP contribution is 2.33. The maximum absolute atomic E-state index is 12.7. The lowest BCUT2D eigenvalue weighted by atomic mass is 9.84. The molecule has 1 atom stereocenters. The van der Waals surface area contributed by atoms with Gasteiger partial charge in [0.25, 0.3) is 5.91 Å². The number of nitrogens with one attached hydrogen (secondary N) is 1. The number of carbonyl (C=O) groups is 1. The van der Waals surface area contributed by atoms with E-state index in [1.165, 1.54) is 6.42 Å². The van der Waals surface area contributed by atoms with Crippen molar-refractivity contribution in [3.05, 3.63) is 23.8 Å². The van der Waals surface area contributed by atoms with Crippen LogP contribution in [0.1, 0.15) is 57.9 Å². The van der Waals surface area contributed by atoms with Gasteiger partial charge in [0.15, 0.2) is 0 Å². The molecular weight excluding hydrogens is 290 g/mol. The fourth-order valence-electron chi connectivity index (χ4n) is 3.05. The fourth-order valence-corrected chi connectivity index (χ4v) is 3.05. The molecule has 2 rings (SSSR count). The third kappa shape index (κ3) is 4.25. The van der Waals surface area contributed by atoms with Crippen molar-refractivity contribution in [3.63, 3.8) is 0 Å². The van der Waals surface area contributed by atoms with Crippen LogP contribution in [-0.4, -0.2) is 24.7 Å². The van der Waals surface area contributed by atoms with Crippen molar-refractivity contribution in [2.45, 2.75) is 71.0 Å². The van der Waals surface area contributed by atoms with Gasteiger partial charge < -0.3 is 14.8 Å². The van der Waals surface area contributed by atoms with Gasteiger partial charge in [0.2, 0.25) is 0 Å². The smallest absolute Gasteiger partial charge is 0.256 e. The van der Waals surface area contributed by atoms with Gasteiger partial charge in [-0.1, -0.05) is 26.2 Å². The first-order valence-corrected chi connectivity index (χ1v) is 8.64. The Kier molecular flexibility index (Phi) is 6.05. The molecule has 1 aliphatic rings. The molecule has 0 radical (unpaired) electrons. The summed E-state index contributed by atoms with van der Waals surface area (Å²) in [5.41, 5.74) is 1.15. The molecule has 1 N–H and O–H groups in total. The van der Waals surface area contributed by atoms with E-state index in [0.29, 0.717) is 0 Å². The molecule has 23 heavy (non-hydrogen) atoms. The summed E-state index contributed by atoms with van der Waals surface area (Å²) in [4.78, 5) is 12.7. The van der Waals surface area contributed by atoms with Gasteiger partial charge in [0.1, 0.15) is 11.4 Å². The zero-order valence-corrected chi connectivity index (χ0v) is 14.8. The number of methoxy groups -OCH3 is 1. The number of benzene rings is 1. The molecule has 128 valence electrons. The van der Waals surface area contributed by atoms with Crippen molar-refractivity contribution in [1.29, 1.82) is 0 Å². The fraction of sp³-hybridized carbons (Fsp3) is 0.632. The minimum absolute atomic E-state index is 0.0327. The van der Waals surface area contributed by atoms with Crippen LogP contribution in [-0.2, 0) is 9.53 Å². The molecule has 4 nitrogen and oxygen atoms in total. The Labute approximate surface area is 139 Å². The van der Waals surface area contributed by atoms with Gasteiger partial charge in [-0.05, 0) is 56.9 Å². The molecule has 4 heteroatoms. The molecular formula is C19H29NO3. The lowest BCUT2D eigenvalue weighted by molar-refractivity contribution is -0.141. The van der Waals surface area contributed by atoms with E-state index in [2.05, 4.69) is 19.2 Å². The normalized spacial score (nSPS) is 18.3. The van der Waals surface area contributed by atoms with Crippen LogP contribution < -0.4 is 10.1 Å². The van der Waals surface area contributed by atoms with E-state index in [9.17, 15) is 4.79 Å². The van der Waals surface area contributed by atoms with Crippen LogP contribution in [0.5, 0.6) is 5.75 Å². The summed E-state index contributed by atoms with van der Waals surface area (Å²) in [6.07, 6.45) is 6.01. The van der Waals surface area contributed by atoms with Crippen LogP contribution in [0.4, 0.5) is 5.69 Å². The van der Waals surface area contributed by atoms with Gasteiger partial charge in [0, 0.05) is 12.8 Å². The average Bonchev–Trinajstić information content (AvgIpc) is 2.57. The monoisotopic (exact) mass is 319 g/mol. The van der Waals surface area contributed by atoms with Gasteiger partial charge in [-0.2, -0.15) is 0 Å². The summed E-state index contributed by atoms with van der Waals surface area (Å²) >= 11 is 0. The number of rotatable bonds is 6. The predicted octanol–water partition coefficient (Wildman–Crippen LogP) is 4.46. The molecule has 1 aromatic carbocycles. The standard InChI is InChI=1S/C19H29NO3/c1-5-15(3)23-17-10-9-16(13-14(17)2)20-18(21)19(22-4)11-7-6-8-12-19/h9-10,13,15H,5-8,11-12H2,1-4H3,(H,20,21)/t15-/m0/s1. The number of amides is 1. The molecule has 0 unspecified atom stereocenters. The highest BCUT2D eigenvalue weighted by atomic mass is 16.5. The average molecular weight is 319 g/mol. The highest BCUT2D eigenvalue weighted by Gasteiger charge is 2.39. The number of aryl methyl sites for hydroxylation is 1. The summed E-state index contributed by atoms with van der Waals surface area (Å²) in [6.45, 7) is 6.16. The van der Waals surface area contributed by atoms with Crippen LogP contribution in [0.2, 0.25) is 0 Å². The maximum Gasteiger partial charge on any atom is 0.256 e. The second kappa shape index (κ2) is 7.82. The topological polar surface area (TPSA) is 47.6 Å². The number of carbonyl (C=O) groups excluding carboxylic acids is 1. The van der Waals surface area contributed by atoms with Crippen molar-refractivity contribution in [2.24, 2.45) is 0 Å². The highest BCUT2D eigenvalue weighted by molar-refractivity contribution is 5.97. The largest absolute Gasteiger partial charge is 0.490 e. The lowest BCUT2D eigenvalue weighted by Gasteiger charge is -2.34. The zero-order valence-electron chi connectivity index (χ0n) is 14.8. The second-order valence-electron chi connectivity index (χ2n) is 6.53. The van der Waals surface area contributed by atoms with Crippen LogP contribution >= 0.6 is 0 Å². The van der Waals surface area contributed by atoms with Crippen molar-refractivity contribution in [1.82, 2.24) is 0 Å². The lowest BCUT2D eigenvalue weighted by Crippen LogP contribution is -2.46. The molecule has 1 aliphatic carbocycles. The molecule has 0 spiro atoms. The third-order valence-electron chi connectivity index (χ3n) is 4.80. The van der Waals surface area contributed by atoms with Crippen LogP contribution in [0, 0.1) is 6.92 Å². The molecule has 1 amide bonds. The summed E-state index contributed by atoms with van der Waals surface area (Å²) in [6, 6.07) is 5.79. The van der Waals surface area contributed by atoms with E-state index < -0.39 is 5.60 Å². The first-order chi connectivity index (χ1) is 11.0. The van der Waals surface area contributed by atoms with E-state index in [1.807, 2.05) is 25.1 Å². The quantitative estimate of drug-likeness (QED) is 0.842. The first-order valence-electron chi connectivity index (χ1n) is 8.64. The van der Waals surface area contributed by atoms with Crippen molar-refractivity contribution >= 4 is 11.6 Å². The molecule has 0 bridgehead atoms. The van der Waals surface area contributed by atoms with Gasteiger partial charge in [0.05, 0.1) is 6.10 Å². The Morgan fingerprint density at radius 1 is 1.30 bits per heavy atom.